The maximum absolute atomic E-state index is 12.0. The van der Waals surface area contributed by atoms with Crippen LogP contribution in [0.5, 0.6) is 0 Å². The highest BCUT2D eigenvalue weighted by Gasteiger charge is 2.11. The van der Waals surface area contributed by atoms with E-state index in [1.807, 2.05) is 0 Å². The summed E-state index contributed by atoms with van der Waals surface area (Å²) in [6.07, 6.45) is 0. The third-order valence-electron chi connectivity index (χ3n) is 2.89. The van der Waals surface area contributed by atoms with Crippen LogP contribution in [-0.2, 0) is 0 Å². The molecule has 0 spiro atoms. The number of thiocarbonyl (C=S) groups is 2. The summed E-state index contributed by atoms with van der Waals surface area (Å²) in [4.78, 5) is 24.0. The fourth-order valence-corrected chi connectivity index (χ4v) is 2.42. The number of carbonyl (C=O) groups excluding carboxylic acids is 2. The van der Waals surface area contributed by atoms with Crippen molar-refractivity contribution in [3.63, 3.8) is 0 Å². The van der Waals surface area contributed by atoms with Gasteiger partial charge in [0.05, 0.1) is 0 Å². The van der Waals surface area contributed by atoms with Crippen LogP contribution in [-0.4, -0.2) is 22.0 Å². The molecule has 2 aromatic carbocycles. The van der Waals surface area contributed by atoms with E-state index in [2.05, 4.69) is 16.0 Å². The van der Waals surface area contributed by atoms with Gasteiger partial charge < -0.3 is 5.32 Å². The molecule has 0 fully saturated rings. The van der Waals surface area contributed by atoms with Gasteiger partial charge in [0, 0.05) is 21.2 Å². The van der Waals surface area contributed by atoms with Crippen molar-refractivity contribution >= 4 is 69.7 Å². The maximum atomic E-state index is 12.0. The molecule has 0 aromatic heterocycles. The first-order valence-electron chi connectivity index (χ1n) is 6.84. The largest absolute Gasteiger partial charge is 0.309 e. The number of rotatable bonds is 2. The lowest BCUT2D eigenvalue weighted by Crippen LogP contribution is -2.47. The molecule has 0 aliphatic carbocycles. The summed E-state index contributed by atoms with van der Waals surface area (Å²) in [5, 5.41) is 8.40. The van der Waals surface area contributed by atoms with Crippen LogP contribution in [0.15, 0.2) is 48.5 Å². The van der Waals surface area contributed by atoms with Gasteiger partial charge in [-0.1, -0.05) is 23.2 Å². The van der Waals surface area contributed by atoms with E-state index in [0.717, 1.165) is 0 Å². The molecule has 128 valence electrons. The lowest BCUT2D eigenvalue weighted by Gasteiger charge is -2.11. The average molecular weight is 412 g/mol. The van der Waals surface area contributed by atoms with E-state index in [9.17, 15) is 9.59 Å². The van der Waals surface area contributed by atoms with Gasteiger partial charge >= 0.3 is 0 Å². The molecule has 0 heterocycles. The normalized spacial score (nSPS) is 9.84. The zero-order chi connectivity index (χ0) is 18.4. The molecular weight excluding hydrogens is 401 g/mol. The van der Waals surface area contributed by atoms with Crippen LogP contribution in [0, 0.1) is 0 Å². The van der Waals surface area contributed by atoms with E-state index >= 15 is 0 Å². The molecule has 0 saturated heterocycles. The van der Waals surface area contributed by atoms with Crippen molar-refractivity contribution in [3.8, 4) is 0 Å². The van der Waals surface area contributed by atoms with Gasteiger partial charge in [0.25, 0.3) is 11.8 Å². The number of carbonyl (C=O) groups is 2. The van der Waals surface area contributed by atoms with Gasteiger partial charge in [-0.05, 0) is 73.0 Å². The summed E-state index contributed by atoms with van der Waals surface area (Å²) < 4.78 is 0. The molecule has 2 amide bonds. The molecule has 0 radical (unpaired) electrons. The summed E-state index contributed by atoms with van der Waals surface area (Å²) in [5.41, 5.74) is 0.759. The van der Waals surface area contributed by atoms with Crippen molar-refractivity contribution in [2.75, 3.05) is 0 Å². The maximum Gasteiger partial charge on any atom is 0.257 e. The van der Waals surface area contributed by atoms with Gasteiger partial charge in [0.2, 0.25) is 0 Å². The number of hydrogen-bond acceptors (Lipinski definition) is 4. The van der Waals surface area contributed by atoms with E-state index in [-0.39, 0.29) is 10.2 Å². The topological polar surface area (TPSA) is 70.2 Å². The summed E-state index contributed by atoms with van der Waals surface area (Å²) in [5.74, 6) is -0.859. The number of halogens is 2. The van der Waals surface area contributed by atoms with E-state index in [1.54, 1.807) is 48.5 Å². The van der Waals surface area contributed by atoms with E-state index in [1.165, 1.54) is 0 Å². The summed E-state index contributed by atoms with van der Waals surface area (Å²) in [7, 11) is 0. The van der Waals surface area contributed by atoms with E-state index < -0.39 is 11.8 Å². The number of hydrogen-bond donors (Lipinski definition) is 3. The van der Waals surface area contributed by atoms with Gasteiger partial charge in [-0.3, -0.25) is 20.2 Å². The molecule has 0 unspecified atom stereocenters. The van der Waals surface area contributed by atoms with Crippen LogP contribution in [0.25, 0.3) is 0 Å². The fraction of sp³-hybridized carbons (Fsp3) is 0. The Morgan fingerprint density at radius 3 is 1.28 bits per heavy atom. The molecule has 5 nitrogen and oxygen atoms in total. The summed E-state index contributed by atoms with van der Waals surface area (Å²) >= 11 is 21.5. The van der Waals surface area contributed by atoms with Crippen LogP contribution in [0.3, 0.4) is 0 Å². The van der Waals surface area contributed by atoms with Gasteiger partial charge in [0.1, 0.15) is 0 Å². The van der Waals surface area contributed by atoms with E-state index in [4.69, 9.17) is 47.6 Å². The monoisotopic (exact) mass is 411 g/mol. The standard InChI is InChI=1S/C16H11Cl2N3O2S2/c17-11-5-1-9(2-6-11)13(22)19-15(24)21-16(25)20-14(23)10-3-7-12(18)8-4-10/h1-8H,(H3,19,20,21,22,23,24,25). The lowest BCUT2D eigenvalue weighted by atomic mass is 10.2. The first-order valence-corrected chi connectivity index (χ1v) is 8.41. The van der Waals surface area contributed by atoms with Gasteiger partial charge in [-0.2, -0.15) is 0 Å². The Hall–Kier alpha value is -2.06. The number of nitrogens with one attached hydrogen (secondary N) is 3. The second-order valence-electron chi connectivity index (χ2n) is 4.71. The number of benzene rings is 2. The third-order valence-corrected chi connectivity index (χ3v) is 3.81. The smallest absolute Gasteiger partial charge is 0.257 e. The Labute approximate surface area is 164 Å². The SMILES string of the molecule is O=C(NC(=S)NC(=S)NC(=O)c1ccc(Cl)cc1)c1ccc(Cl)cc1. The molecule has 3 N–H and O–H groups in total. The second-order valence-corrected chi connectivity index (χ2v) is 6.39. The van der Waals surface area contributed by atoms with Crippen molar-refractivity contribution in [2.45, 2.75) is 0 Å². The Morgan fingerprint density at radius 2 is 0.960 bits per heavy atom. The minimum absolute atomic E-state index is 0.0404. The highest BCUT2D eigenvalue weighted by atomic mass is 35.5. The number of amides is 2. The first kappa shape index (κ1) is 19.3. The molecule has 2 aromatic rings. The van der Waals surface area contributed by atoms with Crippen molar-refractivity contribution in [1.29, 1.82) is 0 Å². The fourth-order valence-electron chi connectivity index (χ4n) is 1.72. The van der Waals surface area contributed by atoms with Gasteiger partial charge in [0.15, 0.2) is 10.2 Å². The van der Waals surface area contributed by atoms with Crippen LogP contribution in [0.2, 0.25) is 10.0 Å². The van der Waals surface area contributed by atoms with E-state index in [0.29, 0.717) is 21.2 Å². The lowest BCUT2D eigenvalue weighted by molar-refractivity contribution is 0.0971. The van der Waals surface area contributed by atoms with Crippen LogP contribution >= 0.6 is 47.6 Å². The zero-order valence-corrected chi connectivity index (χ0v) is 15.7. The van der Waals surface area contributed by atoms with Crippen molar-refractivity contribution in [1.82, 2.24) is 16.0 Å². The molecule has 0 aliphatic rings. The van der Waals surface area contributed by atoms with Crippen LogP contribution in [0.4, 0.5) is 0 Å². The highest BCUT2D eigenvalue weighted by Crippen LogP contribution is 2.10. The molecule has 0 bridgehead atoms. The average Bonchev–Trinajstić information content (AvgIpc) is 2.55. The molecule has 0 saturated carbocycles. The molecule has 9 heteroatoms. The molecule has 2 rings (SSSR count). The minimum Gasteiger partial charge on any atom is -0.309 e. The predicted molar refractivity (Wildman–Crippen MR) is 106 cm³/mol. The van der Waals surface area contributed by atoms with Crippen LogP contribution in [0.1, 0.15) is 20.7 Å². The van der Waals surface area contributed by atoms with Gasteiger partial charge in [-0.25, -0.2) is 0 Å². The molecule has 25 heavy (non-hydrogen) atoms. The Balaban J connectivity index is 1.86. The molecule has 0 aliphatic heterocycles. The molecule has 0 atom stereocenters. The summed E-state index contributed by atoms with van der Waals surface area (Å²) in [6.45, 7) is 0. The first-order chi connectivity index (χ1) is 11.8. The predicted octanol–water partition coefficient (Wildman–Crippen LogP) is 3.31. The highest BCUT2D eigenvalue weighted by molar-refractivity contribution is 7.81. The summed E-state index contributed by atoms with van der Waals surface area (Å²) in [6, 6.07) is 12.6. The van der Waals surface area contributed by atoms with Crippen molar-refractivity contribution in [3.05, 3.63) is 69.7 Å². The van der Waals surface area contributed by atoms with Gasteiger partial charge in [-0.15, -0.1) is 0 Å². The Bertz CT molecular complexity index is 755. The molecular formula is C16H11Cl2N3O2S2. The van der Waals surface area contributed by atoms with Crippen molar-refractivity contribution in [2.24, 2.45) is 0 Å². The van der Waals surface area contributed by atoms with Crippen molar-refractivity contribution < 1.29 is 9.59 Å². The quantitative estimate of drug-likeness (QED) is 0.661. The second kappa shape index (κ2) is 8.87. The zero-order valence-electron chi connectivity index (χ0n) is 12.5. The Kier molecular flexibility index (Phi) is 6.83. The Morgan fingerprint density at radius 1 is 0.640 bits per heavy atom. The minimum atomic E-state index is -0.430. The third kappa shape index (κ3) is 6.06. The van der Waals surface area contributed by atoms with Crippen LogP contribution < -0.4 is 16.0 Å².